The van der Waals surface area contributed by atoms with Gasteiger partial charge in [0.15, 0.2) is 9.84 Å². The van der Waals surface area contributed by atoms with Crippen LogP contribution in [-0.4, -0.2) is 24.9 Å². The van der Waals surface area contributed by atoms with E-state index in [0.717, 1.165) is 33.1 Å². The van der Waals surface area contributed by atoms with Crippen molar-refractivity contribution in [2.75, 3.05) is 5.75 Å². The predicted octanol–water partition coefficient (Wildman–Crippen LogP) is 5.55. The summed E-state index contributed by atoms with van der Waals surface area (Å²) in [6, 6.07) is 26.9. The van der Waals surface area contributed by atoms with Gasteiger partial charge in [-0.3, -0.25) is 4.79 Å². The van der Waals surface area contributed by atoms with Gasteiger partial charge in [0.2, 0.25) is 0 Å². The molecular formula is C27H25NO3S2. The Balaban J connectivity index is 1.52. The fourth-order valence-corrected chi connectivity index (χ4v) is 5.68. The highest BCUT2D eigenvalue weighted by Gasteiger charge is 2.17. The minimum atomic E-state index is -3.24. The third-order valence-electron chi connectivity index (χ3n) is 5.41. The molecule has 0 N–H and O–H groups in total. The van der Waals surface area contributed by atoms with Crippen molar-refractivity contribution in [2.24, 2.45) is 0 Å². The van der Waals surface area contributed by atoms with E-state index in [9.17, 15) is 13.2 Å². The first-order valence-corrected chi connectivity index (χ1v) is 13.3. The molecule has 4 rings (SSSR count). The Labute approximate surface area is 198 Å². The van der Waals surface area contributed by atoms with Crippen LogP contribution in [0.2, 0.25) is 0 Å². The topological polar surface area (TPSA) is 64.1 Å². The molecule has 4 aromatic rings. The van der Waals surface area contributed by atoms with Crippen LogP contribution in [0, 0.1) is 0 Å². The summed E-state index contributed by atoms with van der Waals surface area (Å²) in [5.41, 5.74) is 3.99. The molecule has 3 aromatic carbocycles. The van der Waals surface area contributed by atoms with Gasteiger partial charge in [-0.1, -0.05) is 79.7 Å². The van der Waals surface area contributed by atoms with Crippen molar-refractivity contribution in [2.45, 2.75) is 31.1 Å². The summed E-state index contributed by atoms with van der Waals surface area (Å²) in [6.45, 7) is 1.62. The van der Waals surface area contributed by atoms with Crippen LogP contribution in [0.1, 0.15) is 27.9 Å². The second kappa shape index (κ2) is 10.2. The van der Waals surface area contributed by atoms with E-state index in [1.165, 1.54) is 5.56 Å². The normalized spacial score (nSPS) is 11.4. The van der Waals surface area contributed by atoms with Gasteiger partial charge in [0.25, 0.3) is 0 Å². The number of carbonyl (C=O) groups is 1. The van der Waals surface area contributed by atoms with Gasteiger partial charge in [-0.25, -0.2) is 13.4 Å². The summed E-state index contributed by atoms with van der Waals surface area (Å²) < 4.78 is 24.0. The standard InChI is InChI=1S/C27H25NO3S2/c1-2-33(30,31)24-15-13-21(14-16-24)17-23(29)19-26-28-27(22-11-7-4-8-12-22)25(32-26)18-20-9-5-3-6-10-20/h3-16H,2,17-19H2,1H3. The zero-order valence-electron chi connectivity index (χ0n) is 18.4. The van der Waals surface area contributed by atoms with E-state index in [0.29, 0.717) is 4.90 Å². The predicted molar refractivity (Wildman–Crippen MR) is 133 cm³/mol. The lowest BCUT2D eigenvalue weighted by molar-refractivity contribution is -0.117. The third kappa shape index (κ3) is 5.83. The van der Waals surface area contributed by atoms with E-state index in [-0.39, 0.29) is 24.4 Å². The Hall–Kier alpha value is -3.09. The van der Waals surface area contributed by atoms with E-state index in [4.69, 9.17) is 4.98 Å². The maximum absolute atomic E-state index is 12.8. The first-order valence-electron chi connectivity index (χ1n) is 10.9. The second-order valence-electron chi connectivity index (χ2n) is 7.85. The molecule has 0 amide bonds. The zero-order chi connectivity index (χ0) is 23.3. The van der Waals surface area contributed by atoms with Gasteiger partial charge in [-0.15, -0.1) is 11.3 Å². The molecule has 0 spiro atoms. The van der Waals surface area contributed by atoms with E-state index < -0.39 is 9.84 Å². The van der Waals surface area contributed by atoms with E-state index in [1.54, 1.807) is 42.5 Å². The number of Topliss-reactive ketones (excluding diaryl/α,β-unsaturated/α-hetero) is 1. The Morgan fingerprint density at radius 2 is 1.45 bits per heavy atom. The molecule has 0 saturated carbocycles. The Bertz CT molecular complexity index is 1330. The zero-order valence-corrected chi connectivity index (χ0v) is 20.0. The molecule has 0 aliphatic heterocycles. The molecule has 0 saturated heterocycles. The quantitative estimate of drug-likeness (QED) is 0.318. The number of ketones is 1. The van der Waals surface area contributed by atoms with Crippen molar-refractivity contribution in [3.63, 3.8) is 0 Å². The molecule has 0 radical (unpaired) electrons. The third-order valence-corrected chi connectivity index (χ3v) is 8.21. The van der Waals surface area contributed by atoms with Crippen molar-refractivity contribution in [3.05, 3.63) is 106 Å². The molecule has 0 unspecified atom stereocenters. The number of hydrogen-bond donors (Lipinski definition) is 0. The van der Waals surface area contributed by atoms with Gasteiger partial charge in [-0.2, -0.15) is 0 Å². The molecule has 4 nitrogen and oxygen atoms in total. The number of rotatable bonds is 9. The Morgan fingerprint density at radius 1 is 0.818 bits per heavy atom. The first-order chi connectivity index (χ1) is 15.9. The summed E-state index contributed by atoms with van der Waals surface area (Å²) in [7, 11) is -3.24. The van der Waals surface area contributed by atoms with Gasteiger partial charge in [-0.05, 0) is 23.3 Å². The molecule has 0 aliphatic rings. The molecule has 0 atom stereocenters. The number of carbonyl (C=O) groups excluding carboxylic acids is 1. The van der Waals surface area contributed by atoms with Crippen LogP contribution in [0.4, 0.5) is 0 Å². The largest absolute Gasteiger partial charge is 0.299 e. The van der Waals surface area contributed by atoms with Crippen molar-refractivity contribution >= 4 is 27.0 Å². The number of thiazole rings is 1. The number of hydrogen-bond acceptors (Lipinski definition) is 5. The molecular weight excluding hydrogens is 450 g/mol. The summed E-state index contributed by atoms with van der Waals surface area (Å²) >= 11 is 1.59. The SMILES string of the molecule is CCS(=O)(=O)c1ccc(CC(=O)Cc2nc(-c3ccccc3)c(Cc3ccccc3)s2)cc1. The Kier molecular flexibility index (Phi) is 7.16. The molecule has 1 heterocycles. The van der Waals surface area contributed by atoms with Gasteiger partial charge < -0.3 is 0 Å². The second-order valence-corrected chi connectivity index (χ2v) is 11.3. The molecule has 0 bridgehead atoms. The van der Waals surface area contributed by atoms with Crippen LogP contribution >= 0.6 is 11.3 Å². The maximum atomic E-state index is 12.8. The van der Waals surface area contributed by atoms with E-state index in [2.05, 4.69) is 12.1 Å². The van der Waals surface area contributed by atoms with Gasteiger partial charge in [0.05, 0.1) is 22.8 Å². The first kappa shape index (κ1) is 23.1. The lowest BCUT2D eigenvalue weighted by atomic mass is 10.1. The van der Waals surface area contributed by atoms with Crippen molar-refractivity contribution in [3.8, 4) is 11.3 Å². The lowest BCUT2D eigenvalue weighted by Crippen LogP contribution is -2.07. The van der Waals surface area contributed by atoms with Crippen molar-refractivity contribution < 1.29 is 13.2 Å². The maximum Gasteiger partial charge on any atom is 0.178 e. The number of benzene rings is 3. The molecule has 0 aliphatic carbocycles. The summed E-state index contributed by atoms with van der Waals surface area (Å²) in [5, 5.41) is 0.801. The van der Waals surface area contributed by atoms with Gasteiger partial charge >= 0.3 is 0 Å². The van der Waals surface area contributed by atoms with Crippen LogP contribution < -0.4 is 0 Å². The minimum absolute atomic E-state index is 0.0562. The van der Waals surface area contributed by atoms with Gasteiger partial charge in [0.1, 0.15) is 10.8 Å². The van der Waals surface area contributed by atoms with Crippen LogP contribution in [-0.2, 0) is 33.9 Å². The van der Waals surface area contributed by atoms with Gasteiger partial charge in [0, 0.05) is 23.3 Å². The highest BCUT2D eigenvalue weighted by molar-refractivity contribution is 7.91. The van der Waals surface area contributed by atoms with E-state index in [1.807, 2.05) is 48.5 Å². The van der Waals surface area contributed by atoms with E-state index >= 15 is 0 Å². The average molecular weight is 476 g/mol. The van der Waals surface area contributed by atoms with Crippen LogP contribution in [0.25, 0.3) is 11.3 Å². The minimum Gasteiger partial charge on any atom is -0.299 e. The van der Waals surface area contributed by atoms with Crippen molar-refractivity contribution in [1.29, 1.82) is 0 Å². The summed E-state index contributed by atoms with van der Waals surface area (Å²) in [6.07, 6.45) is 1.28. The lowest BCUT2D eigenvalue weighted by Gasteiger charge is -2.03. The fourth-order valence-electron chi connectivity index (χ4n) is 3.64. The number of aromatic nitrogens is 1. The smallest absolute Gasteiger partial charge is 0.178 e. The van der Waals surface area contributed by atoms with Crippen LogP contribution in [0.5, 0.6) is 0 Å². The molecule has 33 heavy (non-hydrogen) atoms. The molecule has 6 heteroatoms. The molecule has 168 valence electrons. The Morgan fingerprint density at radius 3 is 2.09 bits per heavy atom. The van der Waals surface area contributed by atoms with Crippen LogP contribution in [0.15, 0.2) is 89.8 Å². The summed E-state index contributed by atoms with van der Waals surface area (Å²) in [5.74, 6) is 0.116. The number of sulfone groups is 1. The highest BCUT2D eigenvalue weighted by atomic mass is 32.2. The number of nitrogens with zero attached hydrogens (tertiary/aromatic N) is 1. The summed E-state index contributed by atoms with van der Waals surface area (Å²) in [4.78, 5) is 19.1. The fraction of sp³-hybridized carbons (Fsp3) is 0.185. The molecule has 0 fully saturated rings. The van der Waals surface area contributed by atoms with Crippen LogP contribution in [0.3, 0.4) is 0 Å². The monoisotopic (exact) mass is 475 g/mol. The highest BCUT2D eigenvalue weighted by Crippen LogP contribution is 2.31. The molecule has 1 aromatic heterocycles. The van der Waals surface area contributed by atoms with Crippen molar-refractivity contribution in [1.82, 2.24) is 4.98 Å². The average Bonchev–Trinajstić information content (AvgIpc) is 3.22.